The van der Waals surface area contributed by atoms with Crippen LogP contribution in [-0.4, -0.2) is 29.9 Å². The molecule has 10 aromatic rings. The number of aromatic nitrogens is 6. The predicted molar refractivity (Wildman–Crippen MR) is 229 cm³/mol. The number of thiophene rings is 1. The first-order valence-corrected chi connectivity index (χ1v) is 19.2. The van der Waals surface area contributed by atoms with E-state index < -0.39 is 0 Å². The molecule has 3 aromatic heterocycles. The number of fused-ring (bicyclic) bond motifs is 3. The maximum absolute atomic E-state index is 9.21. The normalized spacial score (nSPS) is 11.1. The van der Waals surface area contributed by atoms with E-state index in [2.05, 4.69) is 54.6 Å². The molecule has 0 radical (unpaired) electrons. The molecule has 0 fully saturated rings. The Morgan fingerprint density at radius 3 is 1.16 bits per heavy atom. The maximum atomic E-state index is 9.21. The lowest BCUT2D eigenvalue weighted by atomic mass is 10.0. The van der Waals surface area contributed by atoms with Gasteiger partial charge in [-0.1, -0.05) is 140 Å². The van der Waals surface area contributed by atoms with Crippen molar-refractivity contribution in [2.24, 2.45) is 0 Å². The third kappa shape index (κ3) is 6.69. The van der Waals surface area contributed by atoms with Crippen LogP contribution in [0.2, 0.25) is 0 Å². The SMILES string of the molecule is N#Cc1ccc(-c2ccc(-c3nc(-c4ccccc4)nc(-c4ccc5sc6cc(-c7nc(-c8ccccc8)nc(-c8ccccc8)n7)ccc6c5c4)n3)cc2)cc1. The van der Waals surface area contributed by atoms with Crippen molar-refractivity contribution in [1.82, 2.24) is 29.9 Å². The summed E-state index contributed by atoms with van der Waals surface area (Å²) in [6.07, 6.45) is 0. The first-order valence-electron chi connectivity index (χ1n) is 18.4. The standard InChI is InChI=1S/C49H29N7S/c50-30-31-16-18-32(19-17-31)33-20-22-37(23-21-33)47-52-46(36-14-8-3-9-15-36)53-48(56-47)38-25-27-42-41(28-38)40-26-24-39(29-43(40)57-42)49-54-44(34-10-4-1-5-11-34)51-45(55-49)35-12-6-2-7-13-35/h1-29H. The summed E-state index contributed by atoms with van der Waals surface area (Å²) in [5.74, 6) is 3.68. The molecule has 266 valence electrons. The van der Waals surface area contributed by atoms with Crippen molar-refractivity contribution in [2.45, 2.75) is 0 Å². The van der Waals surface area contributed by atoms with Gasteiger partial charge in [0.1, 0.15) is 0 Å². The van der Waals surface area contributed by atoms with Crippen molar-refractivity contribution in [1.29, 1.82) is 5.26 Å². The van der Waals surface area contributed by atoms with E-state index in [1.165, 1.54) is 0 Å². The molecule has 0 amide bonds. The van der Waals surface area contributed by atoms with Crippen LogP contribution in [0.15, 0.2) is 176 Å². The zero-order chi connectivity index (χ0) is 38.1. The predicted octanol–water partition coefficient (Wildman–Crippen LogP) is 12.0. The van der Waals surface area contributed by atoms with Crippen molar-refractivity contribution in [3.8, 4) is 85.5 Å². The minimum Gasteiger partial charge on any atom is -0.208 e. The Morgan fingerprint density at radius 2 is 0.684 bits per heavy atom. The third-order valence-corrected chi connectivity index (χ3v) is 11.0. The van der Waals surface area contributed by atoms with Crippen LogP contribution in [0, 0.1) is 11.3 Å². The molecule has 0 saturated heterocycles. The minimum absolute atomic E-state index is 0.590. The average Bonchev–Trinajstić information content (AvgIpc) is 3.67. The van der Waals surface area contributed by atoms with Gasteiger partial charge in [-0.3, -0.25) is 0 Å². The molecule has 7 nitrogen and oxygen atoms in total. The Morgan fingerprint density at radius 1 is 0.316 bits per heavy atom. The fourth-order valence-electron chi connectivity index (χ4n) is 6.89. The Labute approximate surface area is 332 Å². The Hall–Kier alpha value is -7.73. The van der Waals surface area contributed by atoms with Crippen LogP contribution in [0.3, 0.4) is 0 Å². The van der Waals surface area contributed by atoms with Crippen molar-refractivity contribution >= 4 is 31.5 Å². The van der Waals surface area contributed by atoms with E-state index in [1.807, 2.05) is 127 Å². The molecular weight excluding hydrogens is 719 g/mol. The molecule has 0 aliphatic rings. The number of nitriles is 1. The second-order valence-corrected chi connectivity index (χ2v) is 14.6. The van der Waals surface area contributed by atoms with Gasteiger partial charge in [-0.25, -0.2) is 29.9 Å². The monoisotopic (exact) mass is 747 g/mol. The summed E-state index contributed by atoms with van der Waals surface area (Å²) in [6, 6.07) is 60.9. The average molecular weight is 748 g/mol. The summed E-state index contributed by atoms with van der Waals surface area (Å²) in [5.41, 5.74) is 8.20. The van der Waals surface area contributed by atoms with Crippen LogP contribution in [0.5, 0.6) is 0 Å². The van der Waals surface area contributed by atoms with Crippen molar-refractivity contribution in [3.05, 3.63) is 181 Å². The lowest BCUT2D eigenvalue weighted by Gasteiger charge is -2.09. The first-order chi connectivity index (χ1) is 28.1. The van der Waals surface area contributed by atoms with Gasteiger partial charge in [0.05, 0.1) is 11.6 Å². The minimum atomic E-state index is 0.590. The summed E-state index contributed by atoms with van der Waals surface area (Å²) in [7, 11) is 0. The van der Waals surface area contributed by atoms with Gasteiger partial charge < -0.3 is 0 Å². The molecule has 0 spiro atoms. The number of hydrogen-bond donors (Lipinski definition) is 0. The number of hydrogen-bond acceptors (Lipinski definition) is 8. The molecule has 0 bridgehead atoms. The summed E-state index contributed by atoms with van der Waals surface area (Å²) >= 11 is 1.74. The highest BCUT2D eigenvalue weighted by atomic mass is 32.1. The Balaban J connectivity index is 1.04. The van der Waals surface area contributed by atoms with Gasteiger partial charge in [0, 0.05) is 53.6 Å². The zero-order valence-corrected chi connectivity index (χ0v) is 31.1. The highest BCUT2D eigenvalue weighted by Crippen LogP contribution is 2.38. The highest BCUT2D eigenvalue weighted by molar-refractivity contribution is 7.25. The van der Waals surface area contributed by atoms with Gasteiger partial charge >= 0.3 is 0 Å². The second-order valence-electron chi connectivity index (χ2n) is 13.5. The molecule has 3 heterocycles. The fraction of sp³-hybridized carbons (Fsp3) is 0. The summed E-state index contributed by atoms with van der Waals surface area (Å²) in [4.78, 5) is 29.8. The van der Waals surface area contributed by atoms with Crippen LogP contribution in [0.4, 0.5) is 0 Å². The van der Waals surface area contributed by atoms with Crippen molar-refractivity contribution < 1.29 is 0 Å². The third-order valence-electron chi connectivity index (χ3n) is 9.84. The van der Waals surface area contributed by atoms with Gasteiger partial charge in [-0.05, 0) is 47.5 Å². The summed E-state index contributed by atoms with van der Waals surface area (Å²) in [6.45, 7) is 0. The van der Waals surface area contributed by atoms with Gasteiger partial charge in [-0.15, -0.1) is 11.3 Å². The van der Waals surface area contributed by atoms with E-state index in [-0.39, 0.29) is 0 Å². The van der Waals surface area contributed by atoms with E-state index in [1.54, 1.807) is 11.3 Å². The first kappa shape index (κ1) is 33.8. The highest BCUT2D eigenvalue weighted by Gasteiger charge is 2.17. The van der Waals surface area contributed by atoms with E-state index in [0.717, 1.165) is 64.7 Å². The van der Waals surface area contributed by atoms with Crippen molar-refractivity contribution in [2.75, 3.05) is 0 Å². The van der Waals surface area contributed by atoms with E-state index >= 15 is 0 Å². The molecule has 0 unspecified atom stereocenters. The molecule has 0 saturated carbocycles. The summed E-state index contributed by atoms with van der Waals surface area (Å²) < 4.78 is 2.29. The quantitative estimate of drug-likeness (QED) is 0.160. The molecule has 10 rings (SSSR count). The maximum Gasteiger partial charge on any atom is 0.164 e. The molecule has 57 heavy (non-hydrogen) atoms. The van der Waals surface area contributed by atoms with E-state index in [9.17, 15) is 5.26 Å². The van der Waals surface area contributed by atoms with Crippen LogP contribution in [0.1, 0.15) is 5.56 Å². The molecule has 8 heteroatoms. The van der Waals surface area contributed by atoms with Gasteiger partial charge in [0.25, 0.3) is 0 Å². The van der Waals surface area contributed by atoms with Gasteiger partial charge in [0.2, 0.25) is 0 Å². The van der Waals surface area contributed by atoms with E-state index in [0.29, 0.717) is 40.5 Å². The zero-order valence-electron chi connectivity index (χ0n) is 30.3. The molecule has 7 aromatic carbocycles. The lowest BCUT2D eigenvalue weighted by Crippen LogP contribution is -2.00. The lowest BCUT2D eigenvalue weighted by molar-refractivity contribution is 1.07. The van der Waals surface area contributed by atoms with Crippen LogP contribution < -0.4 is 0 Å². The number of benzene rings is 7. The van der Waals surface area contributed by atoms with Crippen molar-refractivity contribution in [3.63, 3.8) is 0 Å². The van der Waals surface area contributed by atoms with Gasteiger partial charge in [-0.2, -0.15) is 5.26 Å². The molecule has 0 aliphatic carbocycles. The Bertz CT molecular complexity index is 3050. The molecule has 0 aliphatic heterocycles. The topological polar surface area (TPSA) is 101 Å². The van der Waals surface area contributed by atoms with Crippen LogP contribution in [-0.2, 0) is 0 Å². The smallest absolute Gasteiger partial charge is 0.164 e. The van der Waals surface area contributed by atoms with Crippen LogP contribution in [0.25, 0.3) is 99.6 Å². The number of rotatable bonds is 7. The summed E-state index contributed by atoms with van der Waals surface area (Å²) in [5, 5.41) is 11.5. The second kappa shape index (κ2) is 14.5. The van der Waals surface area contributed by atoms with Gasteiger partial charge in [0.15, 0.2) is 34.9 Å². The van der Waals surface area contributed by atoms with E-state index in [4.69, 9.17) is 29.9 Å². The molecule has 0 atom stereocenters. The van der Waals surface area contributed by atoms with Crippen LogP contribution >= 0.6 is 11.3 Å². The number of nitrogens with zero attached hydrogens (tertiary/aromatic N) is 7. The Kier molecular flexibility index (Phi) is 8.60. The fourth-order valence-corrected chi connectivity index (χ4v) is 8.02. The largest absolute Gasteiger partial charge is 0.208 e. The molecule has 0 N–H and O–H groups in total. The molecular formula is C49H29N7S.